The molecule has 13 heavy (non-hydrogen) atoms. The van der Waals surface area contributed by atoms with E-state index in [1.165, 1.54) is 29.4 Å². The first-order chi connectivity index (χ1) is 6.36. The van der Waals surface area contributed by atoms with Gasteiger partial charge in [-0.2, -0.15) is 0 Å². The molecule has 1 aromatic carbocycles. The molecule has 66 valence electrons. The van der Waals surface area contributed by atoms with Crippen molar-refractivity contribution in [2.24, 2.45) is 0 Å². The highest BCUT2D eigenvalue weighted by molar-refractivity contribution is 5.84. The SMILES string of the molecule is Cc1ccc(C2CC2)c2ccoc12. The predicted molar refractivity (Wildman–Crippen MR) is 52.9 cm³/mol. The molecule has 0 radical (unpaired) electrons. The quantitative estimate of drug-likeness (QED) is 0.640. The fraction of sp³-hybridized carbons (Fsp3) is 0.333. The zero-order valence-corrected chi connectivity index (χ0v) is 7.71. The third-order valence-corrected chi connectivity index (χ3v) is 2.86. The Labute approximate surface area is 77.4 Å². The van der Waals surface area contributed by atoms with Crippen LogP contribution < -0.4 is 0 Å². The third-order valence-electron chi connectivity index (χ3n) is 2.86. The normalized spacial score (nSPS) is 16.7. The van der Waals surface area contributed by atoms with Gasteiger partial charge in [0.2, 0.25) is 0 Å². The molecule has 0 atom stereocenters. The molecule has 2 aromatic rings. The van der Waals surface area contributed by atoms with Gasteiger partial charge in [0.05, 0.1) is 6.26 Å². The molecule has 0 spiro atoms. The van der Waals surface area contributed by atoms with Gasteiger partial charge in [0.1, 0.15) is 5.58 Å². The van der Waals surface area contributed by atoms with Crippen LogP contribution in [-0.4, -0.2) is 0 Å². The highest BCUT2D eigenvalue weighted by atomic mass is 16.3. The largest absolute Gasteiger partial charge is 0.464 e. The monoisotopic (exact) mass is 172 g/mol. The first-order valence-electron chi connectivity index (χ1n) is 4.83. The first-order valence-corrected chi connectivity index (χ1v) is 4.83. The van der Waals surface area contributed by atoms with E-state index in [-0.39, 0.29) is 0 Å². The lowest BCUT2D eigenvalue weighted by Crippen LogP contribution is -1.82. The smallest absolute Gasteiger partial charge is 0.137 e. The Morgan fingerprint density at radius 3 is 2.85 bits per heavy atom. The van der Waals surface area contributed by atoms with E-state index in [0.717, 1.165) is 11.5 Å². The highest BCUT2D eigenvalue weighted by Gasteiger charge is 2.25. The molecule has 1 nitrogen and oxygen atoms in total. The molecule has 1 saturated carbocycles. The fourth-order valence-electron chi connectivity index (χ4n) is 1.97. The lowest BCUT2D eigenvalue weighted by Gasteiger charge is -2.01. The van der Waals surface area contributed by atoms with Crippen LogP contribution in [0.2, 0.25) is 0 Å². The molecule has 1 aliphatic carbocycles. The van der Waals surface area contributed by atoms with Gasteiger partial charge in [0.25, 0.3) is 0 Å². The van der Waals surface area contributed by atoms with Gasteiger partial charge in [0.15, 0.2) is 0 Å². The Kier molecular flexibility index (Phi) is 1.32. The molecule has 3 rings (SSSR count). The molecule has 1 fully saturated rings. The molecule has 0 amide bonds. The van der Waals surface area contributed by atoms with Crippen molar-refractivity contribution in [1.82, 2.24) is 0 Å². The van der Waals surface area contributed by atoms with Crippen molar-refractivity contribution in [2.45, 2.75) is 25.7 Å². The summed E-state index contributed by atoms with van der Waals surface area (Å²) in [5.74, 6) is 0.806. The zero-order chi connectivity index (χ0) is 8.84. The lowest BCUT2D eigenvalue weighted by molar-refractivity contribution is 0.613. The van der Waals surface area contributed by atoms with Crippen LogP contribution in [0.15, 0.2) is 28.9 Å². The van der Waals surface area contributed by atoms with Gasteiger partial charge in [-0.3, -0.25) is 0 Å². The van der Waals surface area contributed by atoms with E-state index in [9.17, 15) is 0 Å². The maximum Gasteiger partial charge on any atom is 0.137 e. The molecule has 0 bridgehead atoms. The number of hydrogen-bond donors (Lipinski definition) is 0. The maximum atomic E-state index is 5.47. The average Bonchev–Trinajstić information content (AvgIpc) is 2.83. The van der Waals surface area contributed by atoms with Crippen molar-refractivity contribution >= 4 is 11.0 Å². The van der Waals surface area contributed by atoms with Crippen molar-refractivity contribution in [3.8, 4) is 0 Å². The Balaban J connectivity index is 2.34. The average molecular weight is 172 g/mol. The Morgan fingerprint density at radius 2 is 2.08 bits per heavy atom. The maximum absolute atomic E-state index is 5.47. The number of rotatable bonds is 1. The van der Waals surface area contributed by atoms with Crippen LogP contribution in [0.25, 0.3) is 11.0 Å². The van der Waals surface area contributed by atoms with Crippen molar-refractivity contribution in [2.75, 3.05) is 0 Å². The minimum atomic E-state index is 0.806. The van der Waals surface area contributed by atoms with E-state index in [0.29, 0.717) is 0 Å². The van der Waals surface area contributed by atoms with E-state index in [1.807, 2.05) is 0 Å². The highest BCUT2D eigenvalue weighted by Crippen LogP contribution is 2.43. The Morgan fingerprint density at radius 1 is 1.23 bits per heavy atom. The third kappa shape index (κ3) is 0.998. The van der Waals surface area contributed by atoms with Gasteiger partial charge in [-0.05, 0) is 42.9 Å². The van der Waals surface area contributed by atoms with Crippen LogP contribution in [0.1, 0.15) is 29.9 Å². The Bertz CT molecular complexity index is 449. The summed E-state index contributed by atoms with van der Waals surface area (Å²) in [6.45, 7) is 2.10. The van der Waals surface area contributed by atoms with Crippen LogP contribution in [0.4, 0.5) is 0 Å². The van der Waals surface area contributed by atoms with Gasteiger partial charge in [-0.15, -0.1) is 0 Å². The molecule has 1 heterocycles. The molecule has 1 aliphatic rings. The van der Waals surface area contributed by atoms with Gasteiger partial charge >= 0.3 is 0 Å². The van der Waals surface area contributed by atoms with Crippen molar-refractivity contribution in [3.05, 3.63) is 35.6 Å². The zero-order valence-electron chi connectivity index (χ0n) is 7.71. The summed E-state index contributed by atoms with van der Waals surface area (Å²) in [6, 6.07) is 6.51. The molecular formula is C12H12O. The van der Waals surface area contributed by atoms with E-state index >= 15 is 0 Å². The van der Waals surface area contributed by atoms with Gasteiger partial charge in [-0.25, -0.2) is 0 Å². The molecule has 0 saturated heterocycles. The van der Waals surface area contributed by atoms with E-state index in [2.05, 4.69) is 25.1 Å². The molecule has 0 N–H and O–H groups in total. The second-order valence-corrected chi connectivity index (χ2v) is 3.91. The number of benzene rings is 1. The number of hydrogen-bond acceptors (Lipinski definition) is 1. The summed E-state index contributed by atoms with van der Waals surface area (Å²) >= 11 is 0. The summed E-state index contributed by atoms with van der Waals surface area (Å²) < 4.78 is 5.47. The second kappa shape index (κ2) is 2.38. The van der Waals surface area contributed by atoms with Crippen molar-refractivity contribution < 1.29 is 4.42 Å². The summed E-state index contributed by atoms with van der Waals surface area (Å²) in [4.78, 5) is 0. The first kappa shape index (κ1) is 7.19. The number of furan rings is 1. The topological polar surface area (TPSA) is 13.1 Å². The van der Waals surface area contributed by atoms with E-state index in [1.54, 1.807) is 6.26 Å². The van der Waals surface area contributed by atoms with Gasteiger partial charge < -0.3 is 4.42 Å². The summed E-state index contributed by atoms with van der Waals surface area (Å²) in [7, 11) is 0. The van der Waals surface area contributed by atoms with E-state index in [4.69, 9.17) is 4.42 Å². The fourth-order valence-corrected chi connectivity index (χ4v) is 1.97. The number of aryl methyl sites for hydroxylation is 1. The van der Waals surface area contributed by atoms with Crippen LogP contribution in [0.3, 0.4) is 0 Å². The van der Waals surface area contributed by atoms with Crippen LogP contribution >= 0.6 is 0 Å². The van der Waals surface area contributed by atoms with Crippen LogP contribution in [0.5, 0.6) is 0 Å². The van der Waals surface area contributed by atoms with Crippen molar-refractivity contribution in [3.63, 3.8) is 0 Å². The number of fused-ring (bicyclic) bond motifs is 1. The van der Waals surface area contributed by atoms with Crippen LogP contribution in [-0.2, 0) is 0 Å². The summed E-state index contributed by atoms with van der Waals surface area (Å²) in [5, 5.41) is 1.32. The summed E-state index contributed by atoms with van der Waals surface area (Å²) in [5.41, 5.74) is 3.79. The molecular weight excluding hydrogens is 160 g/mol. The molecule has 1 heteroatoms. The standard InChI is InChI=1S/C12H12O/c1-8-2-5-10(9-3-4-9)11-6-7-13-12(8)11/h2,5-7,9H,3-4H2,1H3. The predicted octanol–water partition coefficient (Wildman–Crippen LogP) is 3.62. The molecule has 0 aliphatic heterocycles. The van der Waals surface area contributed by atoms with Gasteiger partial charge in [0, 0.05) is 5.39 Å². The van der Waals surface area contributed by atoms with Crippen molar-refractivity contribution in [1.29, 1.82) is 0 Å². The molecule has 0 unspecified atom stereocenters. The second-order valence-electron chi connectivity index (χ2n) is 3.91. The summed E-state index contributed by atoms with van der Waals surface area (Å²) in [6.07, 6.45) is 4.50. The van der Waals surface area contributed by atoms with Crippen LogP contribution in [0, 0.1) is 6.92 Å². The minimum Gasteiger partial charge on any atom is -0.464 e. The molecule has 1 aromatic heterocycles. The minimum absolute atomic E-state index is 0.806. The van der Waals surface area contributed by atoms with Gasteiger partial charge in [-0.1, -0.05) is 12.1 Å². The lowest BCUT2D eigenvalue weighted by atomic mass is 10.0. The van der Waals surface area contributed by atoms with E-state index < -0.39 is 0 Å². The Hall–Kier alpha value is -1.24.